The Labute approximate surface area is 105 Å². The number of amides is 1. The van der Waals surface area contributed by atoms with E-state index >= 15 is 0 Å². The third-order valence-electron chi connectivity index (χ3n) is 2.01. The molecule has 1 aromatic heterocycles. The van der Waals surface area contributed by atoms with E-state index in [0.717, 1.165) is 11.5 Å². The molecule has 0 aliphatic heterocycles. The number of hydrogen-bond acceptors (Lipinski definition) is 6. The van der Waals surface area contributed by atoms with Gasteiger partial charge in [-0.15, -0.1) is 0 Å². The highest BCUT2D eigenvalue weighted by Crippen LogP contribution is 2.22. The highest BCUT2D eigenvalue weighted by Gasteiger charge is 2.21. The number of nitrogens with zero attached hydrogens (tertiary/aromatic N) is 2. The molecule has 1 unspecified atom stereocenters. The van der Waals surface area contributed by atoms with Crippen LogP contribution >= 0.6 is 11.5 Å². The number of nitrogens with one attached hydrogen (secondary N) is 1. The molecular formula is C10H18N4O2S. The van der Waals surface area contributed by atoms with Crippen molar-refractivity contribution >= 4 is 22.6 Å². The molecule has 0 saturated heterocycles. The minimum atomic E-state index is -0.693. The zero-order valence-corrected chi connectivity index (χ0v) is 11.3. The molecule has 3 N–H and O–H groups in total. The fourth-order valence-electron chi connectivity index (χ4n) is 1.03. The van der Waals surface area contributed by atoms with Crippen LogP contribution in [0.5, 0.6) is 0 Å². The molecule has 1 rings (SSSR count). The first kappa shape index (κ1) is 14.0. The Balaban J connectivity index is 2.64. The second-order valence-electron chi connectivity index (χ2n) is 4.72. The molecule has 0 radical (unpaired) electrons. The van der Waals surface area contributed by atoms with Crippen LogP contribution in [0.15, 0.2) is 0 Å². The van der Waals surface area contributed by atoms with E-state index in [1.54, 1.807) is 0 Å². The first-order chi connectivity index (χ1) is 7.84. The van der Waals surface area contributed by atoms with Gasteiger partial charge in [0.1, 0.15) is 11.9 Å². The summed E-state index contributed by atoms with van der Waals surface area (Å²) in [5, 5.41) is 3.08. The minimum absolute atomic E-state index is 0.131. The first-order valence-electron chi connectivity index (χ1n) is 5.24. The van der Waals surface area contributed by atoms with Crippen LogP contribution in [0, 0.1) is 0 Å². The van der Waals surface area contributed by atoms with Crippen LogP contribution in [0.2, 0.25) is 0 Å². The maximum atomic E-state index is 11.6. The number of carbonyl (C=O) groups excluding carboxylic acids is 1. The number of hydrogen-bond donors (Lipinski definition) is 2. The van der Waals surface area contributed by atoms with Crippen molar-refractivity contribution in [1.82, 2.24) is 9.36 Å². The molecule has 1 atom stereocenters. The summed E-state index contributed by atoms with van der Waals surface area (Å²) in [6.07, 6.45) is 0. The van der Waals surface area contributed by atoms with Crippen molar-refractivity contribution in [2.45, 2.75) is 32.2 Å². The molecule has 17 heavy (non-hydrogen) atoms. The van der Waals surface area contributed by atoms with Crippen LogP contribution in [-0.4, -0.2) is 35.0 Å². The topological polar surface area (TPSA) is 90.1 Å². The van der Waals surface area contributed by atoms with Gasteiger partial charge in [-0.25, -0.2) is 4.98 Å². The zero-order chi connectivity index (χ0) is 13.1. The van der Waals surface area contributed by atoms with Gasteiger partial charge in [-0.2, -0.15) is 4.37 Å². The van der Waals surface area contributed by atoms with Crippen LogP contribution in [0.3, 0.4) is 0 Å². The normalized spacial score (nSPS) is 13.5. The average Bonchev–Trinajstić information content (AvgIpc) is 2.66. The number of rotatable bonds is 4. The molecule has 0 fully saturated rings. The van der Waals surface area contributed by atoms with Gasteiger partial charge in [0.25, 0.3) is 0 Å². The molecule has 0 aromatic carbocycles. The maximum Gasteiger partial charge on any atom is 0.245 e. The first-order valence-corrected chi connectivity index (χ1v) is 6.01. The van der Waals surface area contributed by atoms with Gasteiger partial charge in [0.15, 0.2) is 0 Å². The van der Waals surface area contributed by atoms with E-state index in [1.807, 2.05) is 20.8 Å². The van der Waals surface area contributed by atoms with Crippen molar-refractivity contribution < 1.29 is 9.53 Å². The predicted octanol–water partition coefficient (Wildman–Crippen LogP) is 0.748. The third kappa shape index (κ3) is 4.03. The SMILES string of the molecule is COCC(N)C(=O)Nc1nc(C(C)(C)C)ns1. The number of methoxy groups -OCH3 is 1. The Morgan fingerprint density at radius 1 is 1.59 bits per heavy atom. The Morgan fingerprint density at radius 2 is 2.24 bits per heavy atom. The fraction of sp³-hybridized carbons (Fsp3) is 0.700. The number of carbonyl (C=O) groups is 1. The standard InChI is InChI=1S/C10H18N4O2S/c1-10(2,3)8-13-9(17-14-8)12-7(15)6(11)5-16-4/h6H,5,11H2,1-4H3,(H,12,13,14,15). The van der Waals surface area contributed by atoms with Crippen molar-refractivity contribution in [1.29, 1.82) is 0 Å². The third-order valence-corrected chi connectivity index (χ3v) is 2.64. The Kier molecular flexibility index (Phi) is 4.55. The fourth-order valence-corrected chi connectivity index (χ4v) is 1.79. The summed E-state index contributed by atoms with van der Waals surface area (Å²) in [7, 11) is 1.50. The van der Waals surface area contributed by atoms with Crippen molar-refractivity contribution in [2.75, 3.05) is 19.0 Å². The van der Waals surface area contributed by atoms with Crippen molar-refractivity contribution in [3.63, 3.8) is 0 Å². The number of nitrogens with two attached hydrogens (primary N) is 1. The van der Waals surface area contributed by atoms with E-state index in [4.69, 9.17) is 10.5 Å². The zero-order valence-electron chi connectivity index (χ0n) is 10.5. The lowest BCUT2D eigenvalue weighted by atomic mass is 9.96. The van der Waals surface area contributed by atoms with Gasteiger partial charge in [-0.1, -0.05) is 20.8 Å². The largest absolute Gasteiger partial charge is 0.383 e. The van der Waals surface area contributed by atoms with E-state index in [2.05, 4.69) is 14.7 Å². The van der Waals surface area contributed by atoms with Crippen molar-refractivity contribution in [3.8, 4) is 0 Å². The predicted molar refractivity (Wildman–Crippen MR) is 67.1 cm³/mol. The summed E-state index contributed by atoms with van der Waals surface area (Å²) < 4.78 is 8.99. The number of aromatic nitrogens is 2. The molecule has 0 aliphatic carbocycles. The highest BCUT2D eigenvalue weighted by molar-refractivity contribution is 7.09. The van der Waals surface area contributed by atoms with Crippen LogP contribution in [-0.2, 0) is 14.9 Å². The molecule has 0 aliphatic rings. The second-order valence-corrected chi connectivity index (χ2v) is 5.48. The van der Waals surface area contributed by atoms with E-state index in [0.29, 0.717) is 11.0 Å². The van der Waals surface area contributed by atoms with Crippen molar-refractivity contribution in [3.05, 3.63) is 5.82 Å². The van der Waals surface area contributed by atoms with Crippen LogP contribution in [0.1, 0.15) is 26.6 Å². The summed E-state index contributed by atoms with van der Waals surface area (Å²) in [5.41, 5.74) is 5.46. The molecule has 0 spiro atoms. The summed E-state index contributed by atoms with van der Waals surface area (Å²) in [5.74, 6) is 0.390. The molecular weight excluding hydrogens is 240 g/mol. The number of anilines is 1. The van der Waals surface area contributed by atoms with E-state index < -0.39 is 6.04 Å². The summed E-state index contributed by atoms with van der Waals surface area (Å²) in [6.45, 7) is 6.21. The van der Waals surface area contributed by atoms with Gasteiger partial charge < -0.3 is 10.5 Å². The van der Waals surface area contributed by atoms with Gasteiger partial charge in [0, 0.05) is 24.1 Å². The summed E-state index contributed by atoms with van der Waals surface area (Å²) in [4.78, 5) is 15.8. The summed E-state index contributed by atoms with van der Waals surface area (Å²) in [6, 6.07) is -0.693. The Hall–Kier alpha value is -1.05. The molecule has 1 heterocycles. The van der Waals surface area contributed by atoms with E-state index in [9.17, 15) is 4.79 Å². The summed E-state index contributed by atoms with van der Waals surface area (Å²) >= 11 is 1.15. The smallest absolute Gasteiger partial charge is 0.245 e. The minimum Gasteiger partial charge on any atom is -0.383 e. The lowest BCUT2D eigenvalue weighted by molar-refractivity contribution is -0.118. The molecule has 96 valence electrons. The molecule has 0 saturated carbocycles. The lowest BCUT2D eigenvalue weighted by Crippen LogP contribution is -2.39. The van der Waals surface area contributed by atoms with Gasteiger partial charge in [0.05, 0.1) is 6.61 Å². The van der Waals surface area contributed by atoms with Crippen LogP contribution < -0.4 is 11.1 Å². The van der Waals surface area contributed by atoms with E-state index in [-0.39, 0.29) is 17.9 Å². The van der Waals surface area contributed by atoms with Gasteiger partial charge in [-0.05, 0) is 0 Å². The molecule has 1 aromatic rings. The molecule has 0 bridgehead atoms. The van der Waals surface area contributed by atoms with Gasteiger partial charge >= 0.3 is 0 Å². The van der Waals surface area contributed by atoms with E-state index in [1.165, 1.54) is 7.11 Å². The molecule has 1 amide bonds. The van der Waals surface area contributed by atoms with Gasteiger partial charge in [0.2, 0.25) is 11.0 Å². The quantitative estimate of drug-likeness (QED) is 0.831. The second kappa shape index (κ2) is 5.52. The van der Waals surface area contributed by atoms with Crippen molar-refractivity contribution in [2.24, 2.45) is 5.73 Å². The average molecular weight is 258 g/mol. The van der Waals surface area contributed by atoms with Crippen LogP contribution in [0.4, 0.5) is 5.13 Å². The highest BCUT2D eigenvalue weighted by atomic mass is 32.1. The Morgan fingerprint density at radius 3 is 2.71 bits per heavy atom. The molecule has 6 nitrogen and oxygen atoms in total. The lowest BCUT2D eigenvalue weighted by Gasteiger charge is -2.12. The van der Waals surface area contributed by atoms with Gasteiger partial charge in [-0.3, -0.25) is 10.1 Å². The number of ether oxygens (including phenoxy) is 1. The molecule has 7 heteroatoms. The monoisotopic (exact) mass is 258 g/mol. The van der Waals surface area contributed by atoms with Crippen LogP contribution in [0.25, 0.3) is 0 Å². The Bertz CT molecular complexity index is 386. The maximum absolute atomic E-state index is 11.6.